The summed E-state index contributed by atoms with van der Waals surface area (Å²) in [5.74, 6) is 0. The van der Waals surface area contributed by atoms with Crippen molar-refractivity contribution in [3.05, 3.63) is 22.5 Å². The van der Waals surface area contributed by atoms with E-state index in [1.54, 1.807) is 0 Å². The first-order chi connectivity index (χ1) is 13.4. The van der Waals surface area contributed by atoms with E-state index in [9.17, 15) is 10.2 Å². The lowest BCUT2D eigenvalue weighted by molar-refractivity contribution is -0.0162. The van der Waals surface area contributed by atoms with Gasteiger partial charge >= 0.3 is 22.7 Å². The van der Waals surface area contributed by atoms with Gasteiger partial charge in [-0.15, -0.1) is 0 Å². The van der Waals surface area contributed by atoms with Gasteiger partial charge in [-0.05, 0) is 22.2 Å². The molecule has 0 aromatic heterocycles. The molecular formula is C20H36ClNO5Si2. The summed E-state index contributed by atoms with van der Waals surface area (Å²) in [7, 11) is -5.75. The maximum absolute atomic E-state index is 11.2. The number of aliphatic hydroxyl groups excluding tert-OH is 2. The lowest BCUT2D eigenvalue weighted by Crippen LogP contribution is -2.60. The van der Waals surface area contributed by atoms with Crippen LogP contribution in [-0.4, -0.2) is 57.8 Å². The Morgan fingerprint density at radius 1 is 1.03 bits per heavy atom. The van der Waals surface area contributed by atoms with Crippen LogP contribution in [0.15, 0.2) is 11.1 Å². The second-order valence-electron chi connectivity index (χ2n) is 9.49. The topological polar surface area (TPSA) is 72.5 Å². The van der Waals surface area contributed by atoms with Crippen LogP contribution in [0.5, 0.6) is 0 Å². The fraction of sp³-hybridized carbons (Fsp3) is 0.850. The van der Waals surface area contributed by atoms with Crippen molar-refractivity contribution in [2.24, 2.45) is 0 Å². The van der Waals surface area contributed by atoms with Crippen LogP contribution in [0.4, 0.5) is 0 Å². The molecule has 1 saturated heterocycles. The minimum atomic E-state index is -2.88. The van der Waals surface area contributed by atoms with Crippen LogP contribution < -0.4 is 0 Å². The van der Waals surface area contributed by atoms with E-state index in [1.807, 2.05) is 0 Å². The van der Waals surface area contributed by atoms with Gasteiger partial charge in [-0.25, -0.2) is 6.57 Å². The minimum Gasteiger partial charge on any atom is -0.414 e. The Balaban J connectivity index is 2.80. The second kappa shape index (κ2) is 8.71. The van der Waals surface area contributed by atoms with Gasteiger partial charge in [0.25, 0.3) is 0 Å². The molecule has 0 radical (unpaired) electrons. The maximum atomic E-state index is 11.2. The van der Waals surface area contributed by atoms with Gasteiger partial charge < -0.3 is 23.2 Å². The van der Waals surface area contributed by atoms with Crippen molar-refractivity contribution in [1.82, 2.24) is 0 Å². The van der Waals surface area contributed by atoms with Crippen LogP contribution >= 0.6 is 11.6 Å². The van der Waals surface area contributed by atoms with Crippen LogP contribution in [0.1, 0.15) is 55.4 Å². The van der Waals surface area contributed by atoms with Gasteiger partial charge in [-0.2, -0.15) is 0 Å². The summed E-state index contributed by atoms with van der Waals surface area (Å²) in [6.07, 6.45) is -2.77. The van der Waals surface area contributed by atoms with Gasteiger partial charge in [-0.1, -0.05) is 67.0 Å². The molecule has 166 valence electrons. The number of hydrogen-bond donors (Lipinski definition) is 2. The fourth-order valence-electron chi connectivity index (χ4n) is 4.85. The van der Waals surface area contributed by atoms with Gasteiger partial charge in [0.15, 0.2) is 6.10 Å². The first kappa shape index (κ1) is 25.0. The fourth-order valence-corrected chi connectivity index (χ4v) is 16.4. The van der Waals surface area contributed by atoms with E-state index in [1.165, 1.54) is 5.54 Å². The normalized spacial score (nSPS) is 35.4. The van der Waals surface area contributed by atoms with E-state index in [0.29, 0.717) is 5.57 Å². The van der Waals surface area contributed by atoms with Crippen molar-refractivity contribution in [3.63, 3.8) is 0 Å². The predicted molar refractivity (Wildman–Crippen MR) is 119 cm³/mol. The highest BCUT2D eigenvalue weighted by Crippen LogP contribution is 2.53. The van der Waals surface area contributed by atoms with Crippen molar-refractivity contribution in [2.75, 3.05) is 6.61 Å². The minimum absolute atomic E-state index is 0.113. The van der Waals surface area contributed by atoms with Crippen molar-refractivity contribution in [1.29, 1.82) is 0 Å². The van der Waals surface area contributed by atoms with E-state index < -0.39 is 47.6 Å². The van der Waals surface area contributed by atoms with Crippen LogP contribution in [0.2, 0.25) is 22.2 Å². The molecule has 0 bridgehead atoms. The highest BCUT2D eigenvalue weighted by atomic mass is 35.5. The first-order valence-corrected chi connectivity index (χ1v) is 14.8. The molecule has 2 rings (SSSR count). The zero-order valence-corrected chi connectivity index (χ0v) is 21.5. The molecule has 2 N–H and O–H groups in total. The first-order valence-electron chi connectivity index (χ1n) is 10.4. The summed E-state index contributed by atoms with van der Waals surface area (Å²) >= 11 is 6.16. The Morgan fingerprint density at radius 3 is 1.83 bits per heavy atom. The molecule has 0 unspecified atom stereocenters. The Kier molecular flexibility index (Phi) is 7.52. The third kappa shape index (κ3) is 3.58. The van der Waals surface area contributed by atoms with E-state index >= 15 is 0 Å². The van der Waals surface area contributed by atoms with Gasteiger partial charge in [0.2, 0.25) is 0 Å². The summed E-state index contributed by atoms with van der Waals surface area (Å²) < 4.78 is 20.6. The molecule has 0 amide bonds. The average Bonchev–Trinajstić information content (AvgIpc) is 2.78. The molecule has 0 spiro atoms. The molecular weight excluding hydrogens is 426 g/mol. The molecule has 0 aromatic rings. The van der Waals surface area contributed by atoms with Crippen LogP contribution in [-0.2, 0) is 13.0 Å². The highest BCUT2D eigenvalue weighted by molar-refractivity contribution is 6.84. The number of hydrogen-bond acceptors (Lipinski definition) is 5. The summed E-state index contributed by atoms with van der Waals surface area (Å²) in [6.45, 7) is 24.0. The Morgan fingerprint density at radius 2 is 1.48 bits per heavy atom. The molecule has 0 aromatic carbocycles. The number of fused-ring (bicyclic) bond motifs is 1. The van der Waals surface area contributed by atoms with Gasteiger partial charge in [0, 0.05) is 5.54 Å². The standard InChI is InChI=1S/C20H36ClNO5Si2/c1-12(2)28(13(3)4)25-17-16(10-21)20(11-23,22-9)19(24)18(17)26-29(27-28,14(5)6)15(7)8/h10,12-15,17-19,23-24H,11H2,1-8H3/b16-10-/t17-,18-,19-,20+/m0/s1. The average molecular weight is 462 g/mol. The molecule has 1 heterocycles. The summed E-state index contributed by atoms with van der Waals surface area (Å²) in [5.41, 5.74) is 0.582. The van der Waals surface area contributed by atoms with Crippen LogP contribution in [0.3, 0.4) is 0 Å². The lowest BCUT2D eigenvalue weighted by Gasteiger charge is -2.46. The number of aliphatic hydroxyl groups is 2. The number of rotatable bonds is 5. The zero-order chi connectivity index (χ0) is 22.4. The number of halogens is 1. The van der Waals surface area contributed by atoms with E-state index in [4.69, 9.17) is 31.1 Å². The Bertz CT molecular complexity index is 662. The lowest BCUT2D eigenvalue weighted by atomic mass is 9.93. The van der Waals surface area contributed by atoms with Crippen LogP contribution in [0, 0.1) is 6.57 Å². The van der Waals surface area contributed by atoms with Crippen molar-refractivity contribution in [2.45, 2.75) is 101 Å². The third-order valence-corrected chi connectivity index (χ3v) is 17.1. The van der Waals surface area contributed by atoms with Crippen molar-refractivity contribution in [3.8, 4) is 0 Å². The van der Waals surface area contributed by atoms with Crippen LogP contribution in [0.25, 0.3) is 4.85 Å². The third-order valence-electron chi connectivity index (χ3n) is 6.63. The predicted octanol–water partition coefficient (Wildman–Crippen LogP) is 4.46. The number of nitrogens with zero attached hydrogens (tertiary/aromatic N) is 1. The molecule has 29 heavy (non-hydrogen) atoms. The van der Waals surface area contributed by atoms with Crippen molar-refractivity contribution < 1.29 is 23.2 Å². The Labute approximate surface area is 182 Å². The maximum Gasteiger partial charge on any atom is 0.335 e. The molecule has 1 aliphatic heterocycles. The molecule has 2 fully saturated rings. The van der Waals surface area contributed by atoms with Gasteiger partial charge in [0.05, 0.1) is 5.57 Å². The quantitative estimate of drug-likeness (QED) is 0.467. The van der Waals surface area contributed by atoms with E-state index in [-0.39, 0.29) is 22.2 Å². The molecule has 1 saturated carbocycles. The SMILES string of the molecule is [C-]#[N+][C@]1(CO)/C(=C\Cl)[C@@H]2O[Si](C(C)C)(C(C)C)O[Si](C(C)C)(C(C)C)O[C@@H]2[C@@H]1O. The highest BCUT2D eigenvalue weighted by Gasteiger charge is 2.70. The zero-order valence-electron chi connectivity index (χ0n) is 18.8. The summed E-state index contributed by atoms with van der Waals surface area (Å²) in [6, 6.07) is 0. The summed E-state index contributed by atoms with van der Waals surface area (Å²) in [4.78, 5) is 3.63. The molecule has 1 aliphatic carbocycles. The Hall–Kier alpha value is -0.246. The molecule has 2 aliphatic rings. The second-order valence-corrected chi connectivity index (χ2v) is 18.5. The largest absolute Gasteiger partial charge is 0.414 e. The van der Waals surface area contributed by atoms with Gasteiger partial charge in [0.1, 0.15) is 18.8 Å². The molecule has 9 heteroatoms. The monoisotopic (exact) mass is 461 g/mol. The molecule has 4 atom stereocenters. The molecule has 6 nitrogen and oxygen atoms in total. The van der Waals surface area contributed by atoms with Crippen molar-refractivity contribution >= 4 is 28.7 Å². The smallest absolute Gasteiger partial charge is 0.335 e. The summed E-state index contributed by atoms with van der Waals surface area (Å²) in [5, 5.41) is 21.3. The van der Waals surface area contributed by atoms with E-state index in [2.05, 4.69) is 60.2 Å². The van der Waals surface area contributed by atoms with E-state index in [0.717, 1.165) is 0 Å². The van der Waals surface area contributed by atoms with Gasteiger partial charge in [-0.3, -0.25) is 4.85 Å².